The second kappa shape index (κ2) is 7.27. The fraction of sp³-hybridized carbons (Fsp3) is 0.471. The molecule has 0 unspecified atom stereocenters. The summed E-state index contributed by atoms with van der Waals surface area (Å²) in [6.07, 6.45) is 2.12. The Morgan fingerprint density at radius 1 is 1.10 bits per heavy atom. The molecule has 4 heteroatoms. The van der Waals surface area contributed by atoms with Gasteiger partial charge in [-0.15, -0.1) is 0 Å². The van der Waals surface area contributed by atoms with Crippen molar-refractivity contribution in [2.75, 3.05) is 24.5 Å². The van der Waals surface area contributed by atoms with Crippen molar-refractivity contribution in [1.29, 1.82) is 0 Å². The Morgan fingerprint density at radius 2 is 1.76 bits per heavy atom. The van der Waals surface area contributed by atoms with Crippen molar-refractivity contribution in [3.05, 3.63) is 41.7 Å². The Kier molecular flexibility index (Phi) is 5.39. The van der Waals surface area contributed by atoms with Crippen LogP contribution in [0.3, 0.4) is 0 Å². The summed E-state index contributed by atoms with van der Waals surface area (Å²) in [4.78, 5) is 2.34. The molecule has 0 radical (unpaired) electrons. The van der Waals surface area contributed by atoms with E-state index in [4.69, 9.17) is 0 Å². The Morgan fingerprint density at radius 3 is 2.33 bits per heavy atom. The fourth-order valence-corrected chi connectivity index (χ4v) is 2.47. The molecule has 0 saturated heterocycles. The van der Waals surface area contributed by atoms with E-state index in [9.17, 15) is 0 Å². The quantitative estimate of drug-likeness (QED) is 0.849. The van der Waals surface area contributed by atoms with Crippen molar-refractivity contribution in [2.24, 2.45) is 0 Å². The minimum absolute atomic E-state index is 0.875. The summed E-state index contributed by atoms with van der Waals surface area (Å²) in [5.74, 6) is 0. The smallest absolute Gasteiger partial charge is 0.0647 e. The van der Waals surface area contributed by atoms with Gasteiger partial charge in [0.05, 0.1) is 11.4 Å². The molecule has 1 aromatic heterocycles. The summed E-state index contributed by atoms with van der Waals surface area (Å²) in [5, 5.41) is 7.96. The largest absolute Gasteiger partial charge is 0.372 e. The molecule has 0 bridgehead atoms. The lowest BCUT2D eigenvalue weighted by atomic mass is 10.2. The molecule has 1 N–H and O–H groups in total. The highest BCUT2D eigenvalue weighted by molar-refractivity contribution is 5.50. The van der Waals surface area contributed by atoms with Crippen molar-refractivity contribution in [3.63, 3.8) is 0 Å². The van der Waals surface area contributed by atoms with Crippen LogP contribution in [0.25, 0.3) is 5.69 Å². The number of aryl methyl sites for hydroxylation is 1. The van der Waals surface area contributed by atoms with E-state index in [-0.39, 0.29) is 0 Å². The average molecular weight is 286 g/mol. The van der Waals surface area contributed by atoms with Gasteiger partial charge in [-0.3, -0.25) is 0 Å². The van der Waals surface area contributed by atoms with Gasteiger partial charge in [0.15, 0.2) is 0 Å². The Bertz CT molecular complexity index is 553. The Labute approximate surface area is 127 Å². The molecule has 0 atom stereocenters. The standard InChI is InChI=1S/C17H26N4/c1-5-18-12-15-13-21(19-14(15)4)17-10-8-16(9-11-17)20(6-2)7-3/h8-11,13,18H,5-7,12H2,1-4H3. The lowest BCUT2D eigenvalue weighted by Gasteiger charge is -2.21. The van der Waals surface area contributed by atoms with E-state index in [2.05, 4.69) is 73.5 Å². The second-order valence-electron chi connectivity index (χ2n) is 5.15. The molecular formula is C17H26N4. The third-order valence-corrected chi connectivity index (χ3v) is 3.81. The predicted molar refractivity (Wildman–Crippen MR) is 89.2 cm³/mol. The van der Waals surface area contributed by atoms with Crippen molar-refractivity contribution < 1.29 is 0 Å². The molecule has 0 fully saturated rings. The highest BCUT2D eigenvalue weighted by atomic mass is 15.3. The van der Waals surface area contributed by atoms with Gasteiger partial charge in [-0.2, -0.15) is 5.10 Å². The maximum Gasteiger partial charge on any atom is 0.0647 e. The minimum Gasteiger partial charge on any atom is -0.372 e. The van der Waals surface area contributed by atoms with Crippen molar-refractivity contribution in [3.8, 4) is 5.69 Å². The molecule has 0 aliphatic rings. The molecule has 0 aliphatic carbocycles. The monoisotopic (exact) mass is 286 g/mol. The van der Waals surface area contributed by atoms with E-state index in [0.717, 1.165) is 37.6 Å². The summed E-state index contributed by atoms with van der Waals surface area (Å²) in [6.45, 7) is 12.5. The number of aromatic nitrogens is 2. The topological polar surface area (TPSA) is 33.1 Å². The molecule has 1 aromatic carbocycles. The maximum absolute atomic E-state index is 4.61. The van der Waals surface area contributed by atoms with Crippen molar-refractivity contribution in [1.82, 2.24) is 15.1 Å². The van der Waals surface area contributed by atoms with Gasteiger partial charge in [-0.1, -0.05) is 6.92 Å². The number of hydrogen-bond acceptors (Lipinski definition) is 3. The summed E-state index contributed by atoms with van der Waals surface area (Å²) in [6, 6.07) is 8.61. The van der Waals surface area contributed by atoms with Crippen molar-refractivity contribution in [2.45, 2.75) is 34.2 Å². The summed E-state index contributed by atoms with van der Waals surface area (Å²) in [7, 11) is 0. The molecule has 2 rings (SSSR count). The van der Waals surface area contributed by atoms with Crippen LogP contribution in [-0.2, 0) is 6.54 Å². The molecule has 0 aliphatic heterocycles. The van der Waals surface area contributed by atoms with E-state index >= 15 is 0 Å². The first kappa shape index (κ1) is 15.6. The summed E-state index contributed by atoms with van der Waals surface area (Å²) in [5.41, 5.74) is 4.71. The first-order valence-corrected chi connectivity index (χ1v) is 7.80. The zero-order valence-corrected chi connectivity index (χ0v) is 13.6. The zero-order chi connectivity index (χ0) is 15.2. The fourth-order valence-electron chi connectivity index (χ4n) is 2.47. The molecular weight excluding hydrogens is 260 g/mol. The number of benzene rings is 1. The average Bonchev–Trinajstić information content (AvgIpc) is 2.88. The maximum atomic E-state index is 4.61. The second-order valence-corrected chi connectivity index (χ2v) is 5.15. The van der Waals surface area contributed by atoms with Gasteiger partial charge in [0, 0.05) is 37.1 Å². The van der Waals surface area contributed by atoms with Crippen LogP contribution >= 0.6 is 0 Å². The van der Waals surface area contributed by atoms with Crippen LogP contribution in [0, 0.1) is 6.92 Å². The van der Waals surface area contributed by atoms with Gasteiger partial charge in [0.1, 0.15) is 0 Å². The predicted octanol–water partition coefficient (Wildman–Crippen LogP) is 3.14. The molecule has 0 spiro atoms. The molecule has 2 aromatic rings. The van der Waals surface area contributed by atoms with E-state index in [0.29, 0.717) is 0 Å². The van der Waals surface area contributed by atoms with Crippen molar-refractivity contribution >= 4 is 5.69 Å². The molecule has 0 amide bonds. The summed E-state index contributed by atoms with van der Waals surface area (Å²) >= 11 is 0. The van der Waals surface area contributed by atoms with Gasteiger partial charge >= 0.3 is 0 Å². The molecule has 0 saturated carbocycles. The molecule has 114 valence electrons. The van der Waals surface area contributed by atoms with Gasteiger partial charge < -0.3 is 10.2 Å². The van der Waals surface area contributed by atoms with E-state index in [1.807, 2.05) is 4.68 Å². The lowest BCUT2D eigenvalue weighted by Crippen LogP contribution is -2.21. The molecule has 21 heavy (non-hydrogen) atoms. The lowest BCUT2D eigenvalue weighted by molar-refractivity contribution is 0.723. The molecule has 4 nitrogen and oxygen atoms in total. The first-order valence-electron chi connectivity index (χ1n) is 7.80. The highest BCUT2D eigenvalue weighted by Crippen LogP contribution is 2.18. The number of anilines is 1. The normalized spacial score (nSPS) is 10.9. The third kappa shape index (κ3) is 3.64. The van der Waals surface area contributed by atoms with E-state index in [1.54, 1.807) is 0 Å². The van der Waals surface area contributed by atoms with Crippen LogP contribution in [0.1, 0.15) is 32.0 Å². The Balaban J connectivity index is 2.18. The van der Waals surface area contributed by atoms with Crippen LogP contribution in [-0.4, -0.2) is 29.4 Å². The van der Waals surface area contributed by atoms with Crippen LogP contribution < -0.4 is 10.2 Å². The van der Waals surface area contributed by atoms with Crippen LogP contribution in [0.15, 0.2) is 30.5 Å². The van der Waals surface area contributed by atoms with Gasteiger partial charge in [0.25, 0.3) is 0 Å². The van der Waals surface area contributed by atoms with Gasteiger partial charge in [-0.25, -0.2) is 4.68 Å². The zero-order valence-electron chi connectivity index (χ0n) is 13.6. The summed E-state index contributed by atoms with van der Waals surface area (Å²) < 4.78 is 1.97. The number of nitrogens with zero attached hydrogens (tertiary/aromatic N) is 3. The Hall–Kier alpha value is -1.81. The SMILES string of the molecule is CCNCc1cn(-c2ccc(N(CC)CC)cc2)nc1C. The van der Waals surface area contributed by atoms with E-state index in [1.165, 1.54) is 11.3 Å². The number of rotatable bonds is 7. The van der Waals surface area contributed by atoms with Crippen LogP contribution in [0.5, 0.6) is 0 Å². The first-order chi connectivity index (χ1) is 10.2. The van der Waals surface area contributed by atoms with Gasteiger partial charge in [-0.05, 0) is 51.6 Å². The molecule has 1 heterocycles. The number of nitrogens with one attached hydrogen (secondary N) is 1. The van der Waals surface area contributed by atoms with Crippen LogP contribution in [0.2, 0.25) is 0 Å². The van der Waals surface area contributed by atoms with Gasteiger partial charge in [0.2, 0.25) is 0 Å². The third-order valence-electron chi connectivity index (χ3n) is 3.81. The highest BCUT2D eigenvalue weighted by Gasteiger charge is 2.07. The van der Waals surface area contributed by atoms with Crippen LogP contribution in [0.4, 0.5) is 5.69 Å². The number of hydrogen-bond donors (Lipinski definition) is 1. The minimum atomic E-state index is 0.875. The van der Waals surface area contributed by atoms with E-state index < -0.39 is 0 Å².